The second-order valence-corrected chi connectivity index (χ2v) is 10.7. The third-order valence-corrected chi connectivity index (χ3v) is 7.82. The van der Waals surface area contributed by atoms with Crippen LogP contribution in [0.2, 0.25) is 12.6 Å². The quantitative estimate of drug-likeness (QED) is 0.317. The lowest BCUT2D eigenvalue weighted by Crippen LogP contribution is -2.40. The van der Waals surface area contributed by atoms with Crippen LogP contribution in [0.3, 0.4) is 0 Å². The van der Waals surface area contributed by atoms with E-state index in [4.69, 9.17) is 9.15 Å². The first kappa shape index (κ1) is 25.3. The summed E-state index contributed by atoms with van der Waals surface area (Å²) in [6.45, 7) is 4.29. The van der Waals surface area contributed by atoms with E-state index in [1.54, 1.807) is 17.0 Å². The van der Waals surface area contributed by atoms with Crippen molar-refractivity contribution in [3.05, 3.63) is 64.9 Å². The molecule has 2 aromatic carbocycles. The Hall–Kier alpha value is -3.35. The molecule has 3 aromatic rings. The van der Waals surface area contributed by atoms with Gasteiger partial charge in [-0.2, -0.15) is 0 Å². The van der Waals surface area contributed by atoms with Crippen LogP contribution in [0.1, 0.15) is 73.2 Å². The van der Waals surface area contributed by atoms with Crippen molar-refractivity contribution >= 4 is 35.2 Å². The van der Waals surface area contributed by atoms with Gasteiger partial charge in [-0.25, -0.2) is 0 Å². The molecule has 2 aliphatic rings. The topological polar surface area (TPSA) is 76.8 Å². The van der Waals surface area contributed by atoms with Crippen LogP contribution in [0.15, 0.2) is 46.9 Å². The van der Waals surface area contributed by atoms with Gasteiger partial charge >= 0.3 is 0 Å². The standard InChI is InChI=1S/C30H34BNO5/c1-20(33)9-11-27(21(2)34)32-18-26-25(30(32)35)7-6-8-29(26)36-19-24-16-23-15-22(10-12-28(23)37-24)17-31-13-4-3-5-14-31/h6-8,10,12,15-16,27H,3-5,9,11,13-14,17-19H2,1-2H3. The molecule has 192 valence electrons. The summed E-state index contributed by atoms with van der Waals surface area (Å²) in [4.78, 5) is 38.5. The highest BCUT2D eigenvalue weighted by molar-refractivity contribution is 6.58. The summed E-state index contributed by atoms with van der Waals surface area (Å²) in [5.41, 5.74) is 3.52. The monoisotopic (exact) mass is 499 g/mol. The van der Waals surface area contributed by atoms with Crippen molar-refractivity contribution in [2.45, 2.75) is 84.1 Å². The lowest BCUT2D eigenvalue weighted by atomic mass is 9.39. The molecule has 1 fully saturated rings. The summed E-state index contributed by atoms with van der Waals surface area (Å²) in [5.74, 6) is 1.03. The van der Waals surface area contributed by atoms with Crippen LogP contribution in [0.5, 0.6) is 5.75 Å². The molecule has 37 heavy (non-hydrogen) atoms. The molecule has 0 radical (unpaired) electrons. The van der Waals surface area contributed by atoms with Crippen molar-refractivity contribution in [1.82, 2.24) is 4.90 Å². The van der Waals surface area contributed by atoms with Crippen LogP contribution >= 0.6 is 0 Å². The molecule has 0 N–H and O–H groups in total. The lowest BCUT2D eigenvalue weighted by molar-refractivity contribution is -0.122. The summed E-state index contributed by atoms with van der Waals surface area (Å²) in [6.07, 6.45) is 8.45. The number of ketones is 2. The molecule has 0 spiro atoms. The Morgan fingerprint density at radius 1 is 1.08 bits per heavy atom. The van der Waals surface area contributed by atoms with E-state index in [1.165, 1.54) is 51.3 Å². The summed E-state index contributed by atoms with van der Waals surface area (Å²) >= 11 is 0. The zero-order valence-corrected chi connectivity index (χ0v) is 21.8. The van der Waals surface area contributed by atoms with Gasteiger partial charge in [-0.1, -0.05) is 49.6 Å². The number of hydrogen-bond donors (Lipinski definition) is 0. The minimum Gasteiger partial charge on any atom is -0.485 e. The van der Waals surface area contributed by atoms with Crippen molar-refractivity contribution in [2.75, 3.05) is 0 Å². The molecule has 1 saturated heterocycles. The van der Waals surface area contributed by atoms with E-state index in [0.717, 1.165) is 35.3 Å². The Morgan fingerprint density at radius 3 is 2.65 bits per heavy atom. The average molecular weight is 499 g/mol. The second kappa shape index (κ2) is 11.0. The second-order valence-electron chi connectivity index (χ2n) is 10.7. The molecule has 3 heterocycles. The van der Waals surface area contributed by atoms with Gasteiger partial charge in [-0.3, -0.25) is 9.59 Å². The fourth-order valence-corrected chi connectivity index (χ4v) is 5.85. The Morgan fingerprint density at radius 2 is 1.89 bits per heavy atom. The van der Waals surface area contributed by atoms with Crippen molar-refractivity contribution in [1.29, 1.82) is 0 Å². The molecule has 0 aliphatic carbocycles. The van der Waals surface area contributed by atoms with Crippen molar-refractivity contribution in [3.8, 4) is 5.75 Å². The van der Waals surface area contributed by atoms with Crippen molar-refractivity contribution < 1.29 is 23.5 Å². The first-order valence-corrected chi connectivity index (χ1v) is 13.5. The average Bonchev–Trinajstić information content (AvgIpc) is 3.44. The molecule has 1 unspecified atom stereocenters. The SMILES string of the molecule is CC(=O)CCC(C(C)=O)N1Cc2c(OCc3cc4cc(CB5CCCCC5)ccc4o3)cccc2C1=O. The van der Waals surface area contributed by atoms with Gasteiger partial charge in [0, 0.05) is 22.9 Å². The van der Waals surface area contributed by atoms with E-state index >= 15 is 0 Å². The molecular weight excluding hydrogens is 465 g/mol. The molecule has 1 atom stereocenters. The van der Waals surface area contributed by atoms with E-state index < -0.39 is 6.04 Å². The Balaban J connectivity index is 1.28. The van der Waals surface area contributed by atoms with Crippen LogP contribution in [0.25, 0.3) is 11.0 Å². The predicted octanol–water partition coefficient (Wildman–Crippen LogP) is 6.05. The van der Waals surface area contributed by atoms with Crippen LogP contribution in [0.4, 0.5) is 0 Å². The number of amides is 1. The lowest BCUT2D eigenvalue weighted by Gasteiger charge is -2.25. The highest BCUT2D eigenvalue weighted by atomic mass is 16.5. The molecule has 2 aliphatic heterocycles. The minimum absolute atomic E-state index is 0.00590. The smallest absolute Gasteiger partial charge is 0.255 e. The Labute approximate surface area is 218 Å². The number of carbonyl (C=O) groups excluding carboxylic acids is 3. The molecule has 6 nitrogen and oxygen atoms in total. The number of nitrogens with zero attached hydrogens (tertiary/aromatic N) is 1. The van der Waals surface area contributed by atoms with Crippen molar-refractivity contribution in [2.24, 2.45) is 0 Å². The number of ether oxygens (including phenoxy) is 1. The third kappa shape index (κ3) is 5.66. The number of carbonyl (C=O) groups is 3. The Bertz CT molecular complexity index is 1320. The van der Waals surface area contributed by atoms with Crippen LogP contribution < -0.4 is 4.74 Å². The predicted molar refractivity (Wildman–Crippen MR) is 144 cm³/mol. The largest absolute Gasteiger partial charge is 0.485 e. The van der Waals surface area contributed by atoms with Gasteiger partial charge in [0.05, 0.1) is 12.6 Å². The summed E-state index contributed by atoms with van der Waals surface area (Å²) in [7, 11) is 0. The normalized spacial score (nSPS) is 16.2. The van der Waals surface area contributed by atoms with Gasteiger partial charge in [0.2, 0.25) is 0 Å². The number of Topliss-reactive ketones (excluding diaryl/α,β-unsaturated/α-hetero) is 2. The summed E-state index contributed by atoms with van der Waals surface area (Å²) < 4.78 is 12.2. The highest BCUT2D eigenvalue weighted by Crippen LogP contribution is 2.34. The number of benzene rings is 2. The number of furan rings is 1. The highest BCUT2D eigenvalue weighted by Gasteiger charge is 2.36. The Kier molecular flexibility index (Phi) is 7.49. The molecular formula is C30H34BNO5. The first-order chi connectivity index (χ1) is 17.9. The fourth-order valence-electron chi connectivity index (χ4n) is 5.85. The van der Waals surface area contributed by atoms with Gasteiger partial charge in [0.25, 0.3) is 5.91 Å². The van der Waals surface area contributed by atoms with Gasteiger partial charge in [0.1, 0.15) is 36.2 Å². The van der Waals surface area contributed by atoms with Gasteiger partial charge in [-0.15, -0.1) is 0 Å². The maximum Gasteiger partial charge on any atom is 0.255 e. The van der Waals surface area contributed by atoms with Crippen LogP contribution in [-0.4, -0.2) is 35.1 Å². The van der Waals surface area contributed by atoms with E-state index in [1.807, 2.05) is 12.1 Å². The maximum absolute atomic E-state index is 13.1. The van der Waals surface area contributed by atoms with E-state index in [9.17, 15) is 14.4 Å². The maximum atomic E-state index is 13.1. The molecule has 5 rings (SSSR count). The van der Waals surface area contributed by atoms with E-state index in [-0.39, 0.29) is 37.0 Å². The summed E-state index contributed by atoms with van der Waals surface area (Å²) in [5, 5.41) is 1.08. The zero-order chi connectivity index (χ0) is 25.9. The van der Waals surface area contributed by atoms with Gasteiger partial charge < -0.3 is 18.8 Å². The third-order valence-electron chi connectivity index (χ3n) is 7.82. The van der Waals surface area contributed by atoms with Gasteiger partial charge in [0.15, 0.2) is 5.78 Å². The molecule has 1 amide bonds. The molecule has 0 bridgehead atoms. The number of fused-ring (bicyclic) bond motifs is 2. The molecule has 1 aromatic heterocycles. The zero-order valence-electron chi connectivity index (χ0n) is 21.8. The van der Waals surface area contributed by atoms with Gasteiger partial charge in [-0.05, 0) is 56.9 Å². The van der Waals surface area contributed by atoms with E-state index in [0.29, 0.717) is 17.7 Å². The van der Waals surface area contributed by atoms with E-state index in [2.05, 4.69) is 18.2 Å². The van der Waals surface area contributed by atoms with Crippen LogP contribution in [-0.2, 0) is 29.1 Å². The van der Waals surface area contributed by atoms with Crippen LogP contribution in [0, 0.1) is 0 Å². The fraction of sp³-hybridized carbons (Fsp3) is 0.433. The minimum atomic E-state index is -0.616. The summed E-state index contributed by atoms with van der Waals surface area (Å²) in [6, 6.07) is 13.3. The van der Waals surface area contributed by atoms with Crippen molar-refractivity contribution in [3.63, 3.8) is 0 Å². The molecule has 7 heteroatoms. The molecule has 0 saturated carbocycles. The number of rotatable bonds is 10. The first-order valence-electron chi connectivity index (χ1n) is 13.5. The number of hydrogen-bond acceptors (Lipinski definition) is 5.